The van der Waals surface area contributed by atoms with E-state index in [-0.39, 0.29) is 0 Å². The van der Waals surface area contributed by atoms with Crippen molar-refractivity contribution >= 4 is 28.3 Å². The van der Waals surface area contributed by atoms with E-state index in [4.69, 9.17) is 10.3 Å². The Morgan fingerprint density at radius 2 is 2.20 bits per heavy atom. The first-order valence-electron chi connectivity index (χ1n) is 7.02. The quantitative estimate of drug-likeness (QED) is 0.623. The van der Waals surface area contributed by atoms with E-state index in [0.717, 1.165) is 33.7 Å². The molecule has 0 bridgehead atoms. The summed E-state index contributed by atoms with van der Waals surface area (Å²) in [5, 5.41) is 4.18. The molecule has 0 radical (unpaired) electrons. The second-order valence-corrected chi connectivity index (χ2v) is 6.90. The van der Waals surface area contributed by atoms with Crippen molar-refractivity contribution in [2.45, 2.75) is 38.5 Å². The minimum atomic E-state index is 0.431. The van der Waals surface area contributed by atoms with Crippen molar-refractivity contribution in [3.63, 3.8) is 0 Å². The average Bonchev–Trinajstić information content (AvgIpc) is 2.91. The van der Waals surface area contributed by atoms with Gasteiger partial charge in [-0.1, -0.05) is 24.9 Å². The van der Waals surface area contributed by atoms with E-state index < -0.39 is 0 Å². The maximum Gasteiger partial charge on any atom is 0.260 e. The van der Waals surface area contributed by atoms with Crippen LogP contribution in [-0.4, -0.2) is 10.1 Å². The molecule has 2 aromatic rings. The van der Waals surface area contributed by atoms with E-state index in [2.05, 4.69) is 39.7 Å². The molecule has 1 saturated carbocycles. The lowest BCUT2D eigenvalue weighted by atomic mass is 9.82. The van der Waals surface area contributed by atoms with Gasteiger partial charge in [0.15, 0.2) is 5.82 Å². The molecule has 0 saturated heterocycles. The number of nitrogen functional groups attached to an aromatic ring is 1. The lowest BCUT2D eigenvalue weighted by Crippen LogP contribution is -2.12. The fourth-order valence-electron chi connectivity index (χ4n) is 2.89. The average molecular weight is 383 g/mol. The van der Waals surface area contributed by atoms with Crippen LogP contribution in [0.5, 0.6) is 0 Å². The van der Waals surface area contributed by atoms with E-state index in [1.54, 1.807) is 0 Å². The Labute approximate surface area is 132 Å². The summed E-state index contributed by atoms with van der Waals surface area (Å²) in [7, 11) is 0. The maximum atomic E-state index is 6.00. The maximum absolute atomic E-state index is 6.00. The highest BCUT2D eigenvalue weighted by molar-refractivity contribution is 14.1. The molecule has 0 spiro atoms. The minimum absolute atomic E-state index is 0.431. The molecule has 3 rings (SSSR count). The van der Waals surface area contributed by atoms with Crippen molar-refractivity contribution in [3.8, 4) is 11.5 Å². The molecule has 1 aromatic carbocycles. The van der Waals surface area contributed by atoms with Gasteiger partial charge in [-0.3, -0.25) is 0 Å². The number of hydrogen-bond acceptors (Lipinski definition) is 4. The van der Waals surface area contributed by atoms with Crippen molar-refractivity contribution in [2.24, 2.45) is 5.92 Å². The Morgan fingerprint density at radius 3 is 3.00 bits per heavy atom. The van der Waals surface area contributed by atoms with Gasteiger partial charge in [-0.05, 0) is 59.5 Å². The fourth-order valence-corrected chi connectivity index (χ4v) is 3.38. The zero-order valence-electron chi connectivity index (χ0n) is 11.5. The third-order valence-corrected chi connectivity index (χ3v) is 4.66. The number of rotatable bonds is 2. The van der Waals surface area contributed by atoms with Crippen LogP contribution in [-0.2, 0) is 0 Å². The summed E-state index contributed by atoms with van der Waals surface area (Å²) in [5.41, 5.74) is 7.51. The van der Waals surface area contributed by atoms with Crippen LogP contribution in [0.15, 0.2) is 22.7 Å². The van der Waals surface area contributed by atoms with Crippen molar-refractivity contribution in [2.75, 3.05) is 5.73 Å². The molecular weight excluding hydrogens is 365 g/mol. The van der Waals surface area contributed by atoms with Gasteiger partial charge in [0.05, 0.1) is 5.56 Å². The SMILES string of the molecule is CC1CCCC(c2noc(-c3cc(I)ccc3N)n2)C1. The topological polar surface area (TPSA) is 64.9 Å². The van der Waals surface area contributed by atoms with Gasteiger partial charge in [-0.2, -0.15) is 4.98 Å². The second-order valence-electron chi connectivity index (χ2n) is 5.66. The predicted octanol–water partition coefficient (Wildman–Crippen LogP) is 4.22. The number of nitrogens with two attached hydrogens (primary N) is 1. The molecule has 1 aromatic heterocycles. The van der Waals surface area contributed by atoms with Crippen LogP contribution >= 0.6 is 22.6 Å². The van der Waals surface area contributed by atoms with E-state index in [1.807, 2.05) is 18.2 Å². The predicted molar refractivity (Wildman–Crippen MR) is 87.2 cm³/mol. The van der Waals surface area contributed by atoms with E-state index >= 15 is 0 Å². The summed E-state index contributed by atoms with van der Waals surface area (Å²) < 4.78 is 6.54. The molecule has 106 valence electrons. The molecule has 0 aliphatic heterocycles. The van der Waals surface area contributed by atoms with E-state index in [1.165, 1.54) is 12.8 Å². The minimum Gasteiger partial charge on any atom is -0.398 e. The normalized spacial score (nSPS) is 22.9. The van der Waals surface area contributed by atoms with Crippen molar-refractivity contribution in [3.05, 3.63) is 27.6 Å². The fraction of sp³-hybridized carbons (Fsp3) is 0.467. The summed E-state index contributed by atoms with van der Waals surface area (Å²) in [6.45, 7) is 2.30. The van der Waals surface area contributed by atoms with Crippen LogP contribution in [0.25, 0.3) is 11.5 Å². The Balaban J connectivity index is 1.88. The first kappa shape index (κ1) is 13.9. The summed E-state index contributed by atoms with van der Waals surface area (Å²) in [5.74, 6) is 2.55. The zero-order valence-corrected chi connectivity index (χ0v) is 13.6. The molecular formula is C15H18IN3O. The summed E-state index contributed by atoms with van der Waals surface area (Å²) in [4.78, 5) is 4.58. The smallest absolute Gasteiger partial charge is 0.260 e. The van der Waals surface area contributed by atoms with Gasteiger partial charge in [0.25, 0.3) is 5.89 Å². The van der Waals surface area contributed by atoms with Gasteiger partial charge in [0, 0.05) is 15.2 Å². The number of benzene rings is 1. The number of aromatic nitrogens is 2. The second kappa shape index (κ2) is 5.71. The van der Waals surface area contributed by atoms with Crippen LogP contribution in [0.3, 0.4) is 0 Å². The molecule has 2 unspecified atom stereocenters. The Hall–Kier alpha value is -1.11. The molecule has 20 heavy (non-hydrogen) atoms. The van der Waals surface area contributed by atoms with Crippen molar-refractivity contribution in [1.29, 1.82) is 0 Å². The highest BCUT2D eigenvalue weighted by Gasteiger charge is 2.25. The third kappa shape index (κ3) is 2.82. The van der Waals surface area contributed by atoms with Gasteiger partial charge in [0.2, 0.25) is 0 Å². The van der Waals surface area contributed by atoms with Crippen LogP contribution in [0, 0.1) is 9.49 Å². The number of nitrogens with zero attached hydrogens (tertiary/aromatic N) is 2. The summed E-state index contributed by atoms with van der Waals surface area (Å²) in [6, 6.07) is 5.83. The lowest BCUT2D eigenvalue weighted by Gasteiger charge is -2.23. The molecule has 2 atom stereocenters. The zero-order chi connectivity index (χ0) is 14.1. The van der Waals surface area contributed by atoms with Crippen LogP contribution in [0.2, 0.25) is 0 Å². The van der Waals surface area contributed by atoms with Gasteiger partial charge in [-0.25, -0.2) is 0 Å². The Bertz CT molecular complexity index is 611. The van der Waals surface area contributed by atoms with Gasteiger partial charge < -0.3 is 10.3 Å². The first-order valence-corrected chi connectivity index (χ1v) is 8.10. The van der Waals surface area contributed by atoms with Gasteiger partial charge in [0.1, 0.15) is 0 Å². The van der Waals surface area contributed by atoms with Gasteiger partial charge >= 0.3 is 0 Å². The van der Waals surface area contributed by atoms with Crippen LogP contribution in [0.4, 0.5) is 5.69 Å². The Kier molecular flexibility index (Phi) is 3.96. The monoisotopic (exact) mass is 383 g/mol. The molecule has 1 aliphatic rings. The van der Waals surface area contributed by atoms with Crippen molar-refractivity contribution < 1.29 is 4.52 Å². The highest BCUT2D eigenvalue weighted by atomic mass is 127. The van der Waals surface area contributed by atoms with Crippen LogP contribution in [0.1, 0.15) is 44.3 Å². The number of halogens is 1. The van der Waals surface area contributed by atoms with E-state index in [9.17, 15) is 0 Å². The molecule has 0 amide bonds. The van der Waals surface area contributed by atoms with Crippen LogP contribution < -0.4 is 5.73 Å². The lowest BCUT2D eigenvalue weighted by molar-refractivity contribution is 0.324. The molecule has 1 aliphatic carbocycles. The van der Waals surface area contributed by atoms with Gasteiger partial charge in [-0.15, -0.1) is 0 Å². The third-order valence-electron chi connectivity index (χ3n) is 3.99. The summed E-state index contributed by atoms with van der Waals surface area (Å²) in [6.07, 6.45) is 4.87. The Morgan fingerprint density at radius 1 is 1.35 bits per heavy atom. The standard InChI is InChI=1S/C15H18IN3O/c1-9-3-2-4-10(7-9)14-18-15(20-19-14)12-8-11(16)5-6-13(12)17/h5-6,8-10H,2-4,7,17H2,1H3. The molecule has 4 nitrogen and oxygen atoms in total. The molecule has 5 heteroatoms. The first-order chi connectivity index (χ1) is 9.63. The largest absolute Gasteiger partial charge is 0.398 e. The van der Waals surface area contributed by atoms with E-state index in [0.29, 0.717) is 17.5 Å². The molecule has 2 N–H and O–H groups in total. The highest BCUT2D eigenvalue weighted by Crippen LogP contribution is 2.36. The summed E-state index contributed by atoms with van der Waals surface area (Å²) >= 11 is 2.26. The number of hydrogen-bond donors (Lipinski definition) is 1. The van der Waals surface area contributed by atoms with Crippen molar-refractivity contribution in [1.82, 2.24) is 10.1 Å². The number of anilines is 1. The molecule has 1 heterocycles. The molecule has 1 fully saturated rings.